The molecule has 1 heterocycles. The van der Waals surface area contributed by atoms with E-state index in [0.717, 1.165) is 0 Å². The fraction of sp³-hybridized carbons (Fsp3) is 0.462. The normalized spacial score (nSPS) is 26.2. The Hall–Kier alpha value is -2.98. The highest BCUT2D eigenvalue weighted by molar-refractivity contribution is 6.32. The van der Waals surface area contributed by atoms with Gasteiger partial charge < -0.3 is 45.2 Å². The van der Waals surface area contributed by atoms with Gasteiger partial charge in [0.05, 0.1) is 50.1 Å². The molecule has 214 valence electrons. The van der Waals surface area contributed by atoms with Gasteiger partial charge >= 0.3 is 0 Å². The lowest BCUT2D eigenvalue weighted by atomic mass is 9.93. The van der Waals surface area contributed by atoms with Crippen LogP contribution in [0.5, 0.6) is 0 Å². The summed E-state index contributed by atoms with van der Waals surface area (Å²) in [6.07, 6.45) is -8.41. The van der Waals surface area contributed by atoms with Gasteiger partial charge in [-0.15, -0.1) is 0 Å². The van der Waals surface area contributed by atoms with Gasteiger partial charge in [0.1, 0.15) is 42.3 Å². The van der Waals surface area contributed by atoms with Crippen LogP contribution < -0.4 is 10.9 Å². The Labute approximate surface area is 225 Å². The SMILES string of the molecule is OC[C@H](O)[C@H](COC[C@@H]1O[C@H](CO)[C@H](O)[C@H](O)[C@@H]1O)[C@@H](O)C(C=NNc1ccccc1)=NNc1ccccc1. The lowest BCUT2D eigenvalue weighted by molar-refractivity contribution is -0.240. The first-order valence-corrected chi connectivity index (χ1v) is 12.4. The first kappa shape index (κ1) is 30.6. The van der Waals surface area contributed by atoms with Crippen molar-refractivity contribution in [1.29, 1.82) is 0 Å². The van der Waals surface area contributed by atoms with Crippen molar-refractivity contribution in [3.63, 3.8) is 0 Å². The lowest BCUT2D eigenvalue weighted by Gasteiger charge is -2.40. The molecule has 0 aliphatic carbocycles. The molecular weight excluding hydrogens is 512 g/mol. The second-order valence-electron chi connectivity index (χ2n) is 9.01. The minimum atomic E-state index is -1.56. The number of hydrogen-bond donors (Lipinski definition) is 9. The standard InChI is InChI=1S/C26H36N4O9/c31-12-20(33)18(14-38-15-22-25(36)26(37)24(35)21(13-32)39-22)23(34)19(30-29-17-9-5-2-6-10-17)11-27-28-16-7-3-1-4-8-16/h1-11,18,20-26,28-29,31-37H,12-15H2/t18-,20-,21+,22-,23+,24-,25+,26-/m0/s1. The zero-order chi connectivity index (χ0) is 28.2. The summed E-state index contributed by atoms with van der Waals surface area (Å²) in [7, 11) is 0. The third kappa shape index (κ3) is 8.76. The third-order valence-electron chi connectivity index (χ3n) is 6.23. The molecular formula is C26H36N4O9. The molecule has 0 amide bonds. The van der Waals surface area contributed by atoms with E-state index in [0.29, 0.717) is 11.4 Å². The van der Waals surface area contributed by atoms with E-state index in [1.54, 1.807) is 36.4 Å². The van der Waals surface area contributed by atoms with E-state index in [2.05, 4.69) is 21.1 Å². The zero-order valence-electron chi connectivity index (χ0n) is 21.1. The Morgan fingerprint density at radius 2 is 1.46 bits per heavy atom. The van der Waals surface area contributed by atoms with Crippen molar-refractivity contribution in [1.82, 2.24) is 0 Å². The maximum Gasteiger partial charge on any atom is 0.111 e. The number of nitrogens with one attached hydrogen (secondary N) is 2. The number of nitrogens with zero attached hydrogens (tertiary/aromatic N) is 2. The number of para-hydroxylation sites is 2. The molecule has 13 nitrogen and oxygen atoms in total. The quantitative estimate of drug-likeness (QED) is 0.101. The van der Waals surface area contributed by atoms with Crippen molar-refractivity contribution in [2.24, 2.45) is 16.1 Å². The molecule has 0 saturated carbocycles. The van der Waals surface area contributed by atoms with E-state index in [-0.39, 0.29) is 18.9 Å². The van der Waals surface area contributed by atoms with Gasteiger partial charge in [0, 0.05) is 5.92 Å². The van der Waals surface area contributed by atoms with Gasteiger partial charge in [-0.3, -0.25) is 10.9 Å². The van der Waals surface area contributed by atoms with Gasteiger partial charge in [-0.1, -0.05) is 36.4 Å². The molecule has 9 N–H and O–H groups in total. The second-order valence-corrected chi connectivity index (χ2v) is 9.01. The molecule has 1 aliphatic heterocycles. The van der Waals surface area contributed by atoms with E-state index in [9.17, 15) is 35.7 Å². The molecule has 1 saturated heterocycles. The van der Waals surface area contributed by atoms with Crippen LogP contribution in [0.25, 0.3) is 0 Å². The summed E-state index contributed by atoms with van der Waals surface area (Å²) in [4.78, 5) is 0. The van der Waals surface area contributed by atoms with Crippen LogP contribution in [0.15, 0.2) is 70.9 Å². The van der Waals surface area contributed by atoms with Crippen LogP contribution in [-0.4, -0.2) is 117 Å². The molecule has 1 aliphatic rings. The molecule has 2 aromatic rings. The summed E-state index contributed by atoms with van der Waals surface area (Å²) in [6, 6.07) is 18.0. The number of hydrogen-bond acceptors (Lipinski definition) is 13. The minimum absolute atomic E-state index is 0.0104. The highest BCUT2D eigenvalue weighted by Crippen LogP contribution is 2.22. The molecule has 0 aromatic heterocycles. The van der Waals surface area contributed by atoms with Gasteiger partial charge in [0.25, 0.3) is 0 Å². The number of ether oxygens (including phenoxy) is 2. The Morgan fingerprint density at radius 3 is 2.05 bits per heavy atom. The van der Waals surface area contributed by atoms with Crippen LogP contribution in [0.3, 0.4) is 0 Å². The molecule has 1 fully saturated rings. The second kappa shape index (κ2) is 15.6. The number of aliphatic hydroxyl groups excluding tert-OH is 7. The summed E-state index contributed by atoms with van der Waals surface area (Å²) >= 11 is 0. The molecule has 0 spiro atoms. The van der Waals surface area contributed by atoms with Gasteiger partial charge in [-0.2, -0.15) is 10.2 Å². The van der Waals surface area contributed by atoms with Gasteiger partial charge in [-0.05, 0) is 24.3 Å². The number of hydrazone groups is 2. The average Bonchev–Trinajstić information content (AvgIpc) is 2.97. The van der Waals surface area contributed by atoms with Crippen molar-refractivity contribution in [3.8, 4) is 0 Å². The molecule has 0 unspecified atom stereocenters. The predicted molar refractivity (Wildman–Crippen MR) is 143 cm³/mol. The van der Waals surface area contributed by atoms with E-state index in [1.807, 2.05) is 24.3 Å². The largest absolute Gasteiger partial charge is 0.394 e. The van der Waals surface area contributed by atoms with Crippen molar-refractivity contribution < 1.29 is 45.2 Å². The van der Waals surface area contributed by atoms with Crippen LogP contribution in [-0.2, 0) is 9.47 Å². The zero-order valence-corrected chi connectivity index (χ0v) is 21.1. The predicted octanol–water partition coefficient (Wildman–Crippen LogP) is -1.26. The highest BCUT2D eigenvalue weighted by atomic mass is 16.6. The molecule has 39 heavy (non-hydrogen) atoms. The van der Waals surface area contributed by atoms with Crippen molar-refractivity contribution in [3.05, 3.63) is 60.7 Å². The van der Waals surface area contributed by atoms with Crippen molar-refractivity contribution in [2.45, 2.75) is 42.7 Å². The smallest absolute Gasteiger partial charge is 0.111 e. The summed E-state index contributed by atoms with van der Waals surface area (Å²) in [5, 5.41) is 79.1. The Balaban J connectivity index is 1.72. The van der Waals surface area contributed by atoms with Crippen LogP contribution in [0, 0.1) is 5.92 Å². The van der Waals surface area contributed by atoms with Crippen LogP contribution >= 0.6 is 0 Å². The maximum atomic E-state index is 11.2. The van der Waals surface area contributed by atoms with Crippen molar-refractivity contribution >= 4 is 23.3 Å². The molecule has 13 heteroatoms. The number of aliphatic hydroxyl groups is 7. The number of rotatable bonds is 14. The Morgan fingerprint density at radius 1 is 0.872 bits per heavy atom. The van der Waals surface area contributed by atoms with Gasteiger partial charge in [0.2, 0.25) is 0 Å². The molecule has 0 bridgehead atoms. The maximum absolute atomic E-state index is 11.2. The Bertz CT molecular complexity index is 1030. The van der Waals surface area contributed by atoms with Crippen molar-refractivity contribution in [2.75, 3.05) is 37.3 Å². The van der Waals surface area contributed by atoms with Crippen LogP contribution in [0.4, 0.5) is 11.4 Å². The molecule has 0 radical (unpaired) electrons. The Kier molecular flexibility index (Phi) is 12.2. The van der Waals surface area contributed by atoms with Gasteiger partial charge in [0.15, 0.2) is 0 Å². The highest BCUT2D eigenvalue weighted by Gasteiger charge is 2.43. The summed E-state index contributed by atoms with van der Waals surface area (Å²) < 4.78 is 11.0. The van der Waals surface area contributed by atoms with E-state index in [1.165, 1.54) is 6.21 Å². The lowest BCUT2D eigenvalue weighted by Crippen LogP contribution is -2.59. The van der Waals surface area contributed by atoms with E-state index >= 15 is 0 Å². The van der Waals surface area contributed by atoms with E-state index in [4.69, 9.17) is 9.47 Å². The van der Waals surface area contributed by atoms with Gasteiger partial charge in [-0.25, -0.2) is 0 Å². The summed E-state index contributed by atoms with van der Waals surface area (Å²) in [6.45, 7) is -1.90. The fourth-order valence-electron chi connectivity index (χ4n) is 3.90. The number of anilines is 2. The molecule has 3 rings (SSSR count). The number of benzene rings is 2. The first-order valence-electron chi connectivity index (χ1n) is 12.4. The monoisotopic (exact) mass is 548 g/mol. The van der Waals surface area contributed by atoms with Crippen LogP contribution in [0.1, 0.15) is 0 Å². The summed E-state index contributed by atoms with van der Waals surface area (Å²) in [5.41, 5.74) is 6.96. The third-order valence-corrected chi connectivity index (χ3v) is 6.23. The molecule has 2 aromatic carbocycles. The topological polar surface area (TPSA) is 209 Å². The molecule has 8 atom stereocenters. The average molecular weight is 549 g/mol. The summed E-state index contributed by atoms with van der Waals surface area (Å²) in [5.74, 6) is -1.10. The van der Waals surface area contributed by atoms with Crippen LogP contribution in [0.2, 0.25) is 0 Å². The first-order chi connectivity index (χ1) is 18.8. The fourth-order valence-corrected chi connectivity index (χ4v) is 3.90. The minimum Gasteiger partial charge on any atom is -0.394 e. The van der Waals surface area contributed by atoms with E-state index < -0.39 is 61.9 Å².